The van der Waals surface area contributed by atoms with Gasteiger partial charge in [-0.3, -0.25) is 0 Å². The van der Waals surface area contributed by atoms with Gasteiger partial charge in [0.1, 0.15) is 17.3 Å². The molecule has 0 saturated carbocycles. The van der Waals surface area contributed by atoms with E-state index >= 15 is 0 Å². The second-order valence-corrected chi connectivity index (χ2v) is 6.51. The summed E-state index contributed by atoms with van der Waals surface area (Å²) in [6.45, 7) is 4.16. The van der Waals surface area contributed by atoms with Crippen LogP contribution in [0.2, 0.25) is 0 Å². The second-order valence-electron chi connectivity index (χ2n) is 6.51. The van der Waals surface area contributed by atoms with Gasteiger partial charge in [-0.1, -0.05) is 12.1 Å². The second kappa shape index (κ2) is 11.1. The van der Waals surface area contributed by atoms with Crippen molar-refractivity contribution in [2.24, 2.45) is 4.99 Å². The first-order valence-electron chi connectivity index (χ1n) is 9.34. The van der Waals surface area contributed by atoms with Gasteiger partial charge >= 0.3 is 0 Å². The number of pyridine rings is 1. The number of aromatic nitrogens is 1. The SMILES string of the molecule is CCNC(=NCc1cccc(OC)n1)NC1CCN(c2c(F)cccc2F)C1.I. The molecule has 158 valence electrons. The molecule has 0 spiro atoms. The van der Waals surface area contributed by atoms with E-state index in [0.717, 1.165) is 12.1 Å². The summed E-state index contributed by atoms with van der Waals surface area (Å²) in [7, 11) is 1.57. The third-order valence-corrected chi connectivity index (χ3v) is 4.52. The minimum Gasteiger partial charge on any atom is -0.481 e. The first-order chi connectivity index (χ1) is 13.6. The minimum atomic E-state index is -0.537. The van der Waals surface area contributed by atoms with Gasteiger partial charge in [0.15, 0.2) is 5.96 Å². The molecule has 0 bridgehead atoms. The normalized spacial score (nSPS) is 16.3. The molecule has 1 fully saturated rings. The molecule has 1 aliphatic heterocycles. The molecule has 2 heterocycles. The van der Waals surface area contributed by atoms with E-state index in [1.54, 1.807) is 18.1 Å². The molecular weight excluding hydrogens is 491 g/mol. The van der Waals surface area contributed by atoms with Crippen molar-refractivity contribution in [3.05, 3.63) is 53.7 Å². The number of para-hydroxylation sites is 1. The average Bonchev–Trinajstić information content (AvgIpc) is 3.14. The van der Waals surface area contributed by atoms with Crippen LogP contribution in [0.5, 0.6) is 5.88 Å². The summed E-state index contributed by atoms with van der Waals surface area (Å²) >= 11 is 0. The topological polar surface area (TPSA) is 61.8 Å². The smallest absolute Gasteiger partial charge is 0.213 e. The highest BCUT2D eigenvalue weighted by Crippen LogP contribution is 2.26. The molecule has 2 N–H and O–H groups in total. The van der Waals surface area contributed by atoms with Crippen LogP contribution < -0.4 is 20.3 Å². The third kappa shape index (κ3) is 6.15. The molecule has 1 aromatic carbocycles. The molecule has 1 unspecified atom stereocenters. The number of benzene rings is 1. The zero-order valence-corrected chi connectivity index (χ0v) is 18.8. The number of methoxy groups -OCH3 is 1. The predicted molar refractivity (Wildman–Crippen MR) is 121 cm³/mol. The lowest BCUT2D eigenvalue weighted by atomic mass is 10.2. The Kier molecular flexibility index (Phi) is 8.87. The number of guanidine groups is 1. The number of hydrogen-bond acceptors (Lipinski definition) is 4. The van der Waals surface area contributed by atoms with Crippen LogP contribution in [0, 0.1) is 11.6 Å². The minimum absolute atomic E-state index is 0. The van der Waals surface area contributed by atoms with Gasteiger partial charge < -0.3 is 20.3 Å². The van der Waals surface area contributed by atoms with Crippen molar-refractivity contribution in [2.45, 2.75) is 25.9 Å². The van der Waals surface area contributed by atoms with E-state index in [1.165, 1.54) is 18.2 Å². The van der Waals surface area contributed by atoms with Crippen LogP contribution in [0.15, 0.2) is 41.4 Å². The van der Waals surface area contributed by atoms with Crippen LogP contribution in [0.1, 0.15) is 19.0 Å². The summed E-state index contributed by atoms with van der Waals surface area (Å²) in [6, 6.07) is 9.52. The maximum atomic E-state index is 14.0. The quantitative estimate of drug-likeness (QED) is 0.350. The molecule has 9 heteroatoms. The number of ether oxygens (including phenoxy) is 1. The number of halogens is 3. The predicted octanol–water partition coefficient (Wildman–Crippen LogP) is 3.32. The fraction of sp³-hybridized carbons (Fsp3) is 0.400. The van der Waals surface area contributed by atoms with Crippen LogP contribution in [0.25, 0.3) is 0 Å². The van der Waals surface area contributed by atoms with Crippen LogP contribution in [0.4, 0.5) is 14.5 Å². The van der Waals surface area contributed by atoms with Gasteiger partial charge in [0.25, 0.3) is 0 Å². The van der Waals surface area contributed by atoms with E-state index in [4.69, 9.17) is 4.74 Å². The molecule has 2 aromatic rings. The summed E-state index contributed by atoms with van der Waals surface area (Å²) in [5.41, 5.74) is 0.826. The molecule has 1 atom stereocenters. The van der Waals surface area contributed by atoms with Crippen LogP contribution in [-0.2, 0) is 6.54 Å². The molecule has 1 aliphatic rings. The number of hydrogen-bond donors (Lipinski definition) is 2. The van der Waals surface area contributed by atoms with Gasteiger partial charge in [-0.05, 0) is 31.5 Å². The van der Waals surface area contributed by atoms with Crippen LogP contribution in [0.3, 0.4) is 0 Å². The Labute approximate surface area is 186 Å². The summed E-state index contributed by atoms with van der Waals surface area (Å²) < 4.78 is 33.2. The lowest BCUT2D eigenvalue weighted by Crippen LogP contribution is -2.44. The Balaban J connectivity index is 0.00000300. The highest BCUT2D eigenvalue weighted by atomic mass is 127. The molecule has 29 heavy (non-hydrogen) atoms. The number of nitrogens with one attached hydrogen (secondary N) is 2. The van der Waals surface area contributed by atoms with Crippen molar-refractivity contribution >= 4 is 35.6 Å². The summed E-state index contributed by atoms with van der Waals surface area (Å²) in [4.78, 5) is 10.6. The van der Waals surface area contributed by atoms with Gasteiger partial charge in [0.2, 0.25) is 5.88 Å². The Morgan fingerprint density at radius 1 is 1.24 bits per heavy atom. The number of aliphatic imine (C=N–C) groups is 1. The first-order valence-corrected chi connectivity index (χ1v) is 9.34. The summed E-state index contributed by atoms with van der Waals surface area (Å²) in [5.74, 6) is 0.118. The van der Waals surface area contributed by atoms with Crippen molar-refractivity contribution in [1.82, 2.24) is 15.6 Å². The molecule has 1 aromatic heterocycles. The highest BCUT2D eigenvalue weighted by Gasteiger charge is 2.27. The number of nitrogens with zero attached hydrogens (tertiary/aromatic N) is 3. The van der Waals surface area contributed by atoms with E-state index in [2.05, 4.69) is 20.6 Å². The number of rotatable bonds is 6. The Bertz CT molecular complexity index is 816. The van der Waals surface area contributed by atoms with Crippen molar-refractivity contribution in [1.29, 1.82) is 0 Å². The van der Waals surface area contributed by atoms with Crippen LogP contribution >= 0.6 is 24.0 Å². The van der Waals surface area contributed by atoms with E-state index < -0.39 is 11.6 Å². The van der Waals surface area contributed by atoms with E-state index in [0.29, 0.717) is 38.0 Å². The summed E-state index contributed by atoms with van der Waals surface area (Å²) in [6.07, 6.45) is 0.760. The Morgan fingerprint density at radius 2 is 1.97 bits per heavy atom. The zero-order chi connectivity index (χ0) is 19.9. The zero-order valence-electron chi connectivity index (χ0n) is 16.5. The largest absolute Gasteiger partial charge is 0.481 e. The highest BCUT2D eigenvalue weighted by molar-refractivity contribution is 14.0. The van der Waals surface area contributed by atoms with E-state index in [1.807, 2.05) is 19.1 Å². The molecule has 0 amide bonds. The summed E-state index contributed by atoms with van der Waals surface area (Å²) in [5, 5.41) is 6.55. The monoisotopic (exact) mass is 517 g/mol. The molecule has 6 nitrogen and oxygen atoms in total. The standard InChI is InChI=1S/C20H25F2N5O.HI/c1-3-23-20(24-12-14-6-4-9-18(25-14)28-2)26-15-10-11-27(13-15)19-16(21)7-5-8-17(19)22;/h4-9,15H,3,10-13H2,1-2H3,(H2,23,24,26);1H. The fourth-order valence-corrected chi connectivity index (χ4v) is 3.21. The van der Waals surface area contributed by atoms with Gasteiger partial charge in [-0.15, -0.1) is 24.0 Å². The molecule has 1 saturated heterocycles. The van der Waals surface area contributed by atoms with E-state index in [-0.39, 0.29) is 35.7 Å². The fourth-order valence-electron chi connectivity index (χ4n) is 3.21. The molecule has 3 rings (SSSR count). The maximum absolute atomic E-state index is 14.0. The van der Waals surface area contributed by atoms with Crippen LogP contribution in [-0.4, -0.2) is 43.7 Å². The van der Waals surface area contributed by atoms with Gasteiger partial charge in [0, 0.05) is 31.7 Å². The maximum Gasteiger partial charge on any atom is 0.213 e. The molecule has 0 radical (unpaired) electrons. The third-order valence-electron chi connectivity index (χ3n) is 4.52. The van der Waals surface area contributed by atoms with Gasteiger partial charge in [0.05, 0.1) is 19.3 Å². The van der Waals surface area contributed by atoms with Crippen molar-refractivity contribution in [2.75, 3.05) is 31.6 Å². The van der Waals surface area contributed by atoms with E-state index in [9.17, 15) is 8.78 Å². The number of anilines is 1. The lowest BCUT2D eigenvalue weighted by Gasteiger charge is -2.21. The van der Waals surface area contributed by atoms with Crippen molar-refractivity contribution in [3.63, 3.8) is 0 Å². The van der Waals surface area contributed by atoms with Crippen molar-refractivity contribution in [3.8, 4) is 5.88 Å². The molecular formula is C20H26F2IN5O. The average molecular weight is 517 g/mol. The molecule has 0 aliphatic carbocycles. The lowest BCUT2D eigenvalue weighted by molar-refractivity contribution is 0.396. The first kappa shape index (κ1) is 23.1. The van der Waals surface area contributed by atoms with Crippen molar-refractivity contribution < 1.29 is 13.5 Å². The van der Waals surface area contributed by atoms with Gasteiger partial charge in [-0.25, -0.2) is 18.8 Å². The Morgan fingerprint density at radius 3 is 2.66 bits per heavy atom. The Hall–Kier alpha value is -2.17. The van der Waals surface area contributed by atoms with Gasteiger partial charge in [-0.2, -0.15) is 0 Å².